The number of pyridine rings is 1. The van der Waals surface area contributed by atoms with Crippen LogP contribution in [-0.2, 0) is 18.0 Å². The fourth-order valence-electron chi connectivity index (χ4n) is 7.46. The highest BCUT2D eigenvalue weighted by Crippen LogP contribution is 2.42. The maximum absolute atomic E-state index is 13.8. The van der Waals surface area contributed by atoms with E-state index in [0.717, 1.165) is 79.3 Å². The normalized spacial score (nSPS) is 16.4. The second-order valence-electron chi connectivity index (χ2n) is 14.2. The average Bonchev–Trinajstić information content (AvgIpc) is 3.58. The summed E-state index contributed by atoms with van der Waals surface area (Å²) in [6.45, 7) is 12.5. The van der Waals surface area contributed by atoms with Crippen LogP contribution in [0.5, 0.6) is 5.75 Å². The SMILES string of the molecule is CCc1cc(Nc2ncc(Br)c(Nc3ccc4nc(-c5cnn(C)c5)ccc4c3P(C)(C)=O)n2)c(OC)cc1N1CCC(N2CCN(C)CC2)CC1. The maximum atomic E-state index is 13.8. The summed E-state index contributed by atoms with van der Waals surface area (Å²) in [6.07, 6.45) is 8.66. The van der Waals surface area contributed by atoms with E-state index >= 15 is 0 Å². The van der Waals surface area contributed by atoms with Crippen LogP contribution in [0.15, 0.2) is 59.5 Å². The van der Waals surface area contributed by atoms with Crippen molar-refractivity contribution in [2.45, 2.75) is 32.2 Å². The second-order valence-corrected chi connectivity index (χ2v) is 18.2. The number of benzene rings is 2. The molecule has 2 fully saturated rings. The highest BCUT2D eigenvalue weighted by atomic mass is 79.9. The molecule has 2 saturated heterocycles. The number of hydrogen-bond acceptors (Lipinski definition) is 11. The van der Waals surface area contributed by atoms with Crippen molar-refractivity contribution in [1.29, 1.82) is 0 Å². The second kappa shape index (κ2) is 15.1. The Labute approximate surface area is 314 Å². The van der Waals surface area contributed by atoms with Crippen LogP contribution in [-0.4, -0.2) is 107 Å². The molecule has 12 nitrogen and oxygen atoms in total. The number of nitrogens with zero attached hydrogens (tertiary/aromatic N) is 8. The van der Waals surface area contributed by atoms with Crippen LogP contribution < -0.4 is 25.6 Å². The lowest BCUT2D eigenvalue weighted by Gasteiger charge is -2.43. The molecule has 0 spiro atoms. The number of methoxy groups -OCH3 is 1. The van der Waals surface area contributed by atoms with Crippen LogP contribution in [0.1, 0.15) is 25.3 Å². The molecular weight excluding hydrogens is 739 g/mol. The molecule has 0 bridgehead atoms. The number of halogens is 1. The van der Waals surface area contributed by atoms with Crippen molar-refractivity contribution in [2.75, 3.05) is 82.3 Å². The van der Waals surface area contributed by atoms with Gasteiger partial charge in [0.1, 0.15) is 18.7 Å². The van der Waals surface area contributed by atoms with E-state index in [-0.39, 0.29) is 0 Å². The third kappa shape index (κ3) is 7.69. The van der Waals surface area contributed by atoms with Crippen molar-refractivity contribution in [3.8, 4) is 17.0 Å². The lowest BCUT2D eigenvalue weighted by molar-refractivity contribution is 0.0982. The Morgan fingerprint density at radius 2 is 1.71 bits per heavy atom. The van der Waals surface area contributed by atoms with E-state index in [9.17, 15) is 4.57 Å². The average molecular weight is 788 g/mol. The van der Waals surface area contributed by atoms with Gasteiger partial charge in [0.2, 0.25) is 5.95 Å². The molecule has 0 amide bonds. The molecule has 3 aromatic heterocycles. The number of rotatable bonds is 10. The molecule has 0 atom stereocenters. The standard InChI is InChI=1S/C38H48BrN10O2P/c1-7-25-20-33(35(51-4)21-34(25)49-14-12-27(13-15-49)48-18-16-46(2)17-19-48)44-38-40-23-29(39)37(45-38)43-32-11-10-31-28(36(32)52(5,6)50)8-9-30(42-31)26-22-41-47(3)24-26/h8-11,20-24,27H,7,12-19H2,1-6H3,(H2,40,43,44,45). The smallest absolute Gasteiger partial charge is 0.229 e. The zero-order valence-electron chi connectivity index (χ0n) is 30.9. The summed E-state index contributed by atoms with van der Waals surface area (Å²) in [5.74, 6) is 1.69. The molecule has 274 valence electrons. The van der Waals surface area contributed by atoms with Gasteiger partial charge in [0.25, 0.3) is 0 Å². The predicted molar refractivity (Wildman–Crippen MR) is 216 cm³/mol. The van der Waals surface area contributed by atoms with E-state index < -0.39 is 7.14 Å². The molecule has 5 heterocycles. The number of aromatic nitrogens is 5. The maximum Gasteiger partial charge on any atom is 0.229 e. The van der Waals surface area contributed by atoms with Gasteiger partial charge in [-0.05, 0) is 91.5 Å². The van der Waals surface area contributed by atoms with E-state index in [0.29, 0.717) is 33.3 Å². The first-order valence-electron chi connectivity index (χ1n) is 17.9. The summed E-state index contributed by atoms with van der Waals surface area (Å²) in [6, 6.07) is 12.8. The molecule has 0 aliphatic carbocycles. The quantitative estimate of drug-likeness (QED) is 0.147. The number of nitrogens with one attached hydrogen (secondary N) is 2. The zero-order chi connectivity index (χ0) is 36.6. The predicted octanol–water partition coefficient (Wildman–Crippen LogP) is 6.71. The summed E-state index contributed by atoms with van der Waals surface area (Å²) in [5.41, 5.74) is 6.48. The van der Waals surface area contributed by atoms with Crippen molar-refractivity contribution >= 4 is 68.1 Å². The van der Waals surface area contributed by atoms with Crippen molar-refractivity contribution in [3.63, 3.8) is 0 Å². The first-order valence-corrected chi connectivity index (χ1v) is 21.3. The monoisotopic (exact) mass is 786 g/mol. The minimum absolute atomic E-state index is 0.410. The minimum Gasteiger partial charge on any atom is -0.494 e. The summed E-state index contributed by atoms with van der Waals surface area (Å²) >= 11 is 3.63. The number of likely N-dealkylation sites (N-methyl/N-ethyl adjacent to an activating group) is 1. The van der Waals surface area contributed by atoms with E-state index in [1.54, 1.807) is 37.5 Å². The Morgan fingerprint density at radius 3 is 2.38 bits per heavy atom. The molecule has 0 radical (unpaired) electrons. The number of anilines is 5. The zero-order valence-corrected chi connectivity index (χ0v) is 33.3. The van der Waals surface area contributed by atoms with Gasteiger partial charge in [-0.15, -0.1) is 0 Å². The lowest BCUT2D eigenvalue weighted by Crippen LogP contribution is -2.52. The molecule has 2 N–H and O–H groups in total. The van der Waals surface area contributed by atoms with Crippen molar-refractivity contribution in [3.05, 3.63) is 65.0 Å². The molecule has 14 heteroatoms. The van der Waals surface area contributed by atoms with Gasteiger partial charge in [0.05, 0.1) is 40.4 Å². The van der Waals surface area contributed by atoms with Crippen LogP contribution in [0.3, 0.4) is 0 Å². The Balaban J connectivity index is 1.12. The number of fused-ring (bicyclic) bond motifs is 1. The Hall–Kier alpha value is -4.03. The fourth-order valence-corrected chi connectivity index (χ4v) is 9.23. The summed E-state index contributed by atoms with van der Waals surface area (Å²) in [7, 11) is 3.03. The van der Waals surface area contributed by atoms with Crippen molar-refractivity contribution < 1.29 is 9.30 Å². The van der Waals surface area contributed by atoms with E-state index in [1.165, 1.54) is 24.1 Å². The minimum atomic E-state index is -2.77. The molecule has 2 aliphatic heterocycles. The molecule has 2 aliphatic rings. The van der Waals surface area contributed by atoms with Crippen molar-refractivity contribution in [2.24, 2.45) is 7.05 Å². The molecule has 0 unspecified atom stereocenters. The number of ether oxygens (including phenoxy) is 1. The molecule has 0 saturated carbocycles. The molecule has 7 rings (SSSR count). The number of piperazine rings is 1. The Morgan fingerprint density at radius 1 is 0.942 bits per heavy atom. The number of hydrogen-bond donors (Lipinski definition) is 2. The van der Waals surface area contributed by atoms with Crippen LogP contribution in [0.2, 0.25) is 0 Å². The van der Waals surface area contributed by atoms with Crippen LogP contribution in [0.4, 0.5) is 28.8 Å². The fraction of sp³-hybridized carbons (Fsp3) is 0.421. The summed E-state index contributed by atoms with van der Waals surface area (Å²) in [4.78, 5) is 22.0. The number of piperidine rings is 1. The lowest BCUT2D eigenvalue weighted by atomic mass is 9.99. The van der Waals surface area contributed by atoms with Gasteiger partial charge in [-0.1, -0.05) is 6.92 Å². The highest BCUT2D eigenvalue weighted by Gasteiger charge is 2.28. The molecule has 52 heavy (non-hydrogen) atoms. The molecule has 5 aromatic rings. The third-order valence-corrected chi connectivity index (χ3v) is 12.4. The van der Waals surface area contributed by atoms with E-state index in [2.05, 4.69) is 77.5 Å². The number of aryl methyl sites for hydroxylation is 2. The third-order valence-electron chi connectivity index (χ3n) is 10.3. The van der Waals surface area contributed by atoms with Crippen LogP contribution in [0.25, 0.3) is 22.2 Å². The van der Waals surface area contributed by atoms with Gasteiger partial charge in [-0.2, -0.15) is 10.1 Å². The van der Waals surface area contributed by atoms with Crippen LogP contribution >= 0.6 is 23.1 Å². The highest BCUT2D eigenvalue weighted by molar-refractivity contribution is 9.10. The topological polar surface area (TPSA) is 117 Å². The van der Waals surface area contributed by atoms with E-state index in [1.807, 2.05) is 37.5 Å². The molecule has 2 aromatic carbocycles. The Bertz CT molecular complexity index is 2120. The van der Waals surface area contributed by atoms with Gasteiger partial charge < -0.3 is 29.7 Å². The van der Waals surface area contributed by atoms with Crippen molar-refractivity contribution in [1.82, 2.24) is 34.5 Å². The van der Waals surface area contributed by atoms with Crippen LogP contribution in [0, 0.1) is 0 Å². The van der Waals surface area contributed by atoms with Gasteiger partial charge in [-0.25, -0.2) is 9.97 Å². The van der Waals surface area contributed by atoms with Gasteiger partial charge >= 0.3 is 0 Å². The first kappa shape index (κ1) is 36.3. The van der Waals surface area contributed by atoms with Gasteiger partial charge in [0, 0.05) is 92.8 Å². The summed E-state index contributed by atoms with van der Waals surface area (Å²) < 4.78 is 22.2. The van der Waals surface area contributed by atoms with Gasteiger partial charge in [-0.3, -0.25) is 9.58 Å². The first-order chi connectivity index (χ1) is 25.0. The van der Waals surface area contributed by atoms with E-state index in [4.69, 9.17) is 14.7 Å². The largest absolute Gasteiger partial charge is 0.494 e. The van der Waals surface area contributed by atoms with Gasteiger partial charge in [0.15, 0.2) is 0 Å². The molecular formula is C38H48BrN10O2P. The Kier molecular flexibility index (Phi) is 10.6. The summed E-state index contributed by atoms with van der Waals surface area (Å²) in [5, 5.41) is 12.7.